The summed E-state index contributed by atoms with van der Waals surface area (Å²) in [7, 11) is -3.91. The molecule has 13 heteroatoms. The van der Waals surface area contributed by atoms with Crippen molar-refractivity contribution < 1.29 is 13.2 Å². The van der Waals surface area contributed by atoms with E-state index in [2.05, 4.69) is 30.2 Å². The van der Waals surface area contributed by atoms with Gasteiger partial charge in [0.15, 0.2) is 11.0 Å². The van der Waals surface area contributed by atoms with Gasteiger partial charge in [-0.2, -0.15) is 11.8 Å². The van der Waals surface area contributed by atoms with Crippen LogP contribution in [0.2, 0.25) is 5.15 Å². The highest BCUT2D eigenvalue weighted by atomic mass is 35.5. The summed E-state index contributed by atoms with van der Waals surface area (Å²) in [5.41, 5.74) is -0.141. The second-order valence-electron chi connectivity index (χ2n) is 5.84. The lowest BCUT2D eigenvalue weighted by atomic mass is 10.3. The summed E-state index contributed by atoms with van der Waals surface area (Å²) in [5.74, 6) is 0.262. The summed E-state index contributed by atoms with van der Waals surface area (Å²) in [5, 5.41) is 9.92. The maximum absolute atomic E-state index is 12.4. The number of carbonyl (C=O) groups excluding carboxylic acids is 1. The van der Waals surface area contributed by atoms with Crippen LogP contribution in [0.3, 0.4) is 0 Å². The van der Waals surface area contributed by atoms with E-state index in [-0.39, 0.29) is 21.6 Å². The van der Waals surface area contributed by atoms with Crippen LogP contribution in [0.1, 0.15) is 16.3 Å². The number of H-pyrrole nitrogens is 1. The molecule has 2 heterocycles. The van der Waals surface area contributed by atoms with Crippen molar-refractivity contribution in [3.8, 4) is 0 Å². The second-order valence-corrected chi connectivity index (χ2v) is 8.77. The Kier molecular flexibility index (Phi) is 6.70. The Labute approximate surface area is 180 Å². The number of hydrogen-bond acceptors (Lipinski definition) is 8. The molecule has 0 spiro atoms. The standard InChI is InChI=1S/C17H15ClN6O4S2/c1-29-9-15-20-12(8-16(25)21-15)17(26)19-10-2-4-11(5-3-10)30(27,28)24-14-7-6-13(18)22-23-14/h2-8H,9H2,1H3,(H,19,26)(H,23,24)(H,20,21,25). The van der Waals surface area contributed by atoms with Crippen molar-refractivity contribution in [2.45, 2.75) is 10.6 Å². The van der Waals surface area contributed by atoms with Crippen molar-refractivity contribution >= 4 is 50.8 Å². The predicted molar refractivity (Wildman–Crippen MR) is 114 cm³/mol. The van der Waals surface area contributed by atoms with Crippen LogP contribution in [0.5, 0.6) is 0 Å². The van der Waals surface area contributed by atoms with Gasteiger partial charge in [0.1, 0.15) is 11.5 Å². The molecule has 10 nitrogen and oxygen atoms in total. The molecule has 0 unspecified atom stereocenters. The molecule has 0 radical (unpaired) electrons. The normalized spacial score (nSPS) is 11.1. The molecule has 1 aromatic carbocycles. The van der Waals surface area contributed by atoms with Crippen molar-refractivity contribution in [1.29, 1.82) is 0 Å². The zero-order valence-electron chi connectivity index (χ0n) is 15.4. The first-order valence-electron chi connectivity index (χ1n) is 8.29. The molecular weight excluding hydrogens is 452 g/mol. The number of nitrogens with one attached hydrogen (secondary N) is 3. The van der Waals surface area contributed by atoms with Gasteiger partial charge in [0.05, 0.1) is 10.6 Å². The van der Waals surface area contributed by atoms with Gasteiger partial charge in [-0.15, -0.1) is 10.2 Å². The average molecular weight is 467 g/mol. The average Bonchev–Trinajstić information content (AvgIpc) is 2.70. The van der Waals surface area contributed by atoms with Crippen molar-refractivity contribution in [1.82, 2.24) is 20.2 Å². The molecule has 156 valence electrons. The van der Waals surface area contributed by atoms with Crippen LogP contribution in [-0.4, -0.2) is 40.7 Å². The van der Waals surface area contributed by atoms with E-state index in [4.69, 9.17) is 11.6 Å². The Morgan fingerprint density at radius 2 is 1.90 bits per heavy atom. The van der Waals surface area contributed by atoms with Gasteiger partial charge >= 0.3 is 0 Å². The van der Waals surface area contributed by atoms with E-state index in [0.717, 1.165) is 6.07 Å². The van der Waals surface area contributed by atoms with Crippen LogP contribution in [0.25, 0.3) is 0 Å². The molecule has 30 heavy (non-hydrogen) atoms. The van der Waals surface area contributed by atoms with Gasteiger partial charge in [0.2, 0.25) is 0 Å². The molecule has 0 saturated heterocycles. The largest absolute Gasteiger partial charge is 0.321 e. The van der Waals surface area contributed by atoms with Gasteiger partial charge in [0.25, 0.3) is 21.5 Å². The topological polar surface area (TPSA) is 147 Å². The summed E-state index contributed by atoms with van der Waals surface area (Å²) in [6, 6.07) is 9.32. The number of rotatable bonds is 7. The summed E-state index contributed by atoms with van der Waals surface area (Å²) in [6.07, 6.45) is 1.84. The minimum atomic E-state index is -3.91. The molecule has 0 fully saturated rings. The van der Waals surface area contributed by atoms with Crippen molar-refractivity contribution in [2.75, 3.05) is 16.3 Å². The van der Waals surface area contributed by atoms with Gasteiger partial charge in [-0.25, -0.2) is 13.4 Å². The quantitative estimate of drug-likeness (QED) is 0.479. The fourth-order valence-corrected chi connectivity index (χ4v) is 3.82. The Morgan fingerprint density at radius 1 is 1.17 bits per heavy atom. The first-order chi connectivity index (χ1) is 14.3. The number of amides is 1. The molecule has 0 bridgehead atoms. The van der Waals surface area contributed by atoms with Crippen LogP contribution in [-0.2, 0) is 15.8 Å². The van der Waals surface area contributed by atoms with Crippen LogP contribution in [0, 0.1) is 0 Å². The van der Waals surface area contributed by atoms with Gasteiger partial charge in [-0.05, 0) is 42.7 Å². The lowest BCUT2D eigenvalue weighted by Gasteiger charge is -2.09. The number of benzene rings is 1. The van der Waals surface area contributed by atoms with E-state index >= 15 is 0 Å². The number of nitrogens with zero attached hydrogens (tertiary/aromatic N) is 3. The van der Waals surface area contributed by atoms with Crippen LogP contribution in [0.15, 0.2) is 52.2 Å². The highest BCUT2D eigenvalue weighted by Crippen LogP contribution is 2.18. The molecule has 0 aliphatic carbocycles. The number of hydrogen-bond donors (Lipinski definition) is 3. The zero-order valence-corrected chi connectivity index (χ0v) is 17.8. The summed E-state index contributed by atoms with van der Waals surface area (Å²) < 4.78 is 27.1. The van der Waals surface area contributed by atoms with E-state index < -0.39 is 21.5 Å². The molecule has 2 aromatic heterocycles. The molecule has 3 rings (SSSR count). The van der Waals surface area contributed by atoms with E-state index in [9.17, 15) is 18.0 Å². The number of aromatic nitrogens is 4. The lowest BCUT2D eigenvalue weighted by Crippen LogP contribution is -2.20. The number of aromatic amines is 1. The van der Waals surface area contributed by atoms with Crippen LogP contribution >= 0.6 is 23.4 Å². The fourth-order valence-electron chi connectivity index (χ4n) is 2.31. The highest BCUT2D eigenvalue weighted by Gasteiger charge is 2.16. The number of thioether (sulfide) groups is 1. The van der Waals surface area contributed by atoms with Gasteiger partial charge < -0.3 is 10.3 Å². The number of halogens is 1. The van der Waals surface area contributed by atoms with Crippen molar-refractivity contribution in [2.24, 2.45) is 0 Å². The first-order valence-corrected chi connectivity index (χ1v) is 11.5. The molecule has 0 aliphatic rings. The van der Waals surface area contributed by atoms with Gasteiger partial charge in [-0.3, -0.25) is 14.3 Å². The van der Waals surface area contributed by atoms with Gasteiger partial charge in [0, 0.05) is 11.8 Å². The summed E-state index contributed by atoms with van der Waals surface area (Å²) >= 11 is 7.08. The smallest absolute Gasteiger partial charge is 0.274 e. The first kappa shape index (κ1) is 21.7. The van der Waals surface area contributed by atoms with Gasteiger partial charge in [-0.1, -0.05) is 11.6 Å². The number of sulfonamides is 1. The molecular formula is C17H15ClN6O4S2. The van der Waals surface area contributed by atoms with Crippen molar-refractivity contribution in [3.05, 3.63) is 69.5 Å². The molecule has 3 N–H and O–H groups in total. The number of carbonyl (C=O) groups is 1. The van der Waals surface area contributed by atoms with Crippen LogP contribution in [0.4, 0.5) is 11.5 Å². The third-order valence-electron chi connectivity index (χ3n) is 3.60. The van der Waals surface area contributed by atoms with E-state index in [1.807, 2.05) is 6.26 Å². The molecule has 0 atom stereocenters. The fraction of sp³-hybridized carbons (Fsp3) is 0.118. The number of anilines is 2. The Morgan fingerprint density at radius 3 is 2.53 bits per heavy atom. The monoisotopic (exact) mass is 466 g/mol. The lowest BCUT2D eigenvalue weighted by molar-refractivity contribution is 0.102. The van der Waals surface area contributed by atoms with E-state index in [0.29, 0.717) is 17.3 Å². The van der Waals surface area contributed by atoms with E-state index in [1.54, 1.807) is 0 Å². The molecule has 3 aromatic rings. The zero-order chi connectivity index (χ0) is 21.7. The predicted octanol–water partition coefficient (Wildman–Crippen LogP) is 2.13. The Hall–Kier alpha value is -2.96. The Balaban J connectivity index is 1.73. The third kappa shape index (κ3) is 5.55. The highest BCUT2D eigenvalue weighted by molar-refractivity contribution is 7.97. The summed E-state index contributed by atoms with van der Waals surface area (Å²) in [4.78, 5) is 30.7. The Bertz CT molecular complexity index is 1210. The minimum Gasteiger partial charge on any atom is -0.321 e. The summed E-state index contributed by atoms with van der Waals surface area (Å²) in [6.45, 7) is 0. The van der Waals surface area contributed by atoms with E-state index in [1.165, 1.54) is 48.2 Å². The van der Waals surface area contributed by atoms with Crippen LogP contribution < -0.4 is 15.6 Å². The second kappa shape index (κ2) is 9.24. The maximum atomic E-state index is 12.4. The minimum absolute atomic E-state index is 0.0122. The molecule has 0 saturated carbocycles. The molecule has 1 amide bonds. The molecule has 0 aliphatic heterocycles. The van der Waals surface area contributed by atoms with Crippen molar-refractivity contribution in [3.63, 3.8) is 0 Å². The SMILES string of the molecule is CSCc1nc(C(=O)Nc2ccc(S(=O)(=O)Nc3ccc(Cl)nn3)cc2)cc(=O)[nH]1. The third-order valence-corrected chi connectivity index (χ3v) is 5.73. The maximum Gasteiger partial charge on any atom is 0.274 e.